The predicted octanol–water partition coefficient (Wildman–Crippen LogP) is 2.88. The monoisotopic (exact) mass is 258 g/mol. The first kappa shape index (κ1) is 17.2. The van der Waals surface area contributed by atoms with Crippen molar-refractivity contribution in [2.75, 3.05) is 26.2 Å². The highest BCUT2D eigenvalue weighted by atomic mass is 16.6. The van der Waals surface area contributed by atoms with Crippen molar-refractivity contribution >= 4 is 6.09 Å². The van der Waals surface area contributed by atoms with Crippen LogP contribution >= 0.6 is 0 Å². The van der Waals surface area contributed by atoms with Crippen LogP contribution < -0.4 is 5.32 Å². The standard InChI is InChI=1S/C14H30N2O2/c1-7-16(13(17)18-14(4,5)6)10-8-9-15-11-12(2)3/h12,15H,7-11H2,1-6H3. The lowest BCUT2D eigenvalue weighted by Crippen LogP contribution is -2.38. The van der Waals surface area contributed by atoms with E-state index in [4.69, 9.17) is 4.74 Å². The number of nitrogens with zero attached hydrogens (tertiary/aromatic N) is 1. The summed E-state index contributed by atoms with van der Waals surface area (Å²) in [6.07, 6.45) is 0.744. The van der Waals surface area contributed by atoms with Gasteiger partial charge in [0.25, 0.3) is 0 Å². The first-order valence-corrected chi connectivity index (χ1v) is 6.95. The van der Waals surface area contributed by atoms with Crippen LogP contribution in [0.25, 0.3) is 0 Å². The molecule has 0 saturated heterocycles. The molecule has 0 aromatic carbocycles. The fraction of sp³-hybridized carbons (Fsp3) is 0.929. The molecule has 0 radical (unpaired) electrons. The van der Waals surface area contributed by atoms with Crippen LogP contribution in [0.4, 0.5) is 4.79 Å². The van der Waals surface area contributed by atoms with Gasteiger partial charge >= 0.3 is 6.09 Å². The van der Waals surface area contributed by atoms with Gasteiger partial charge in [-0.15, -0.1) is 0 Å². The molecule has 0 bridgehead atoms. The SMILES string of the molecule is CCN(CCCNCC(C)C)C(=O)OC(C)(C)C. The zero-order valence-electron chi connectivity index (χ0n) is 12.9. The van der Waals surface area contributed by atoms with Gasteiger partial charge in [0.15, 0.2) is 0 Å². The number of nitrogens with one attached hydrogen (secondary N) is 1. The summed E-state index contributed by atoms with van der Waals surface area (Å²) in [5, 5.41) is 3.37. The molecule has 4 nitrogen and oxygen atoms in total. The second kappa shape index (κ2) is 8.35. The summed E-state index contributed by atoms with van der Waals surface area (Å²) in [6.45, 7) is 15.4. The van der Waals surface area contributed by atoms with Crippen molar-refractivity contribution in [3.05, 3.63) is 0 Å². The number of amides is 1. The highest BCUT2D eigenvalue weighted by Gasteiger charge is 2.20. The van der Waals surface area contributed by atoms with Crippen LogP contribution in [-0.4, -0.2) is 42.8 Å². The third-order valence-electron chi connectivity index (χ3n) is 2.37. The van der Waals surface area contributed by atoms with E-state index in [1.165, 1.54) is 0 Å². The van der Waals surface area contributed by atoms with Crippen LogP contribution in [0.5, 0.6) is 0 Å². The van der Waals surface area contributed by atoms with Gasteiger partial charge in [-0.3, -0.25) is 0 Å². The molecule has 4 heteroatoms. The molecule has 0 saturated carbocycles. The minimum atomic E-state index is -0.416. The van der Waals surface area contributed by atoms with Crippen molar-refractivity contribution in [3.63, 3.8) is 0 Å². The third-order valence-corrected chi connectivity index (χ3v) is 2.37. The van der Waals surface area contributed by atoms with Gasteiger partial charge in [-0.25, -0.2) is 4.79 Å². The van der Waals surface area contributed by atoms with Gasteiger partial charge in [0.2, 0.25) is 0 Å². The maximum absolute atomic E-state index is 11.8. The smallest absolute Gasteiger partial charge is 0.410 e. The van der Waals surface area contributed by atoms with E-state index in [2.05, 4.69) is 19.2 Å². The molecule has 0 heterocycles. The van der Waals surface area contributed by atoms with Gasteiger partial charge < -0.3 is 15.0 Å². The van der Waals surface area contributed by atoms with E-state index >= 15 is 0 Å². The van der Waals surface area contributed by atoms with Gasteiger partial charge in [-0.1, -0.05) is 13.8 Å². The molecule has 0 aliphatic heterocycles. The second-order valence-electron chi connectivity index (χ2n) is 6.01. The zero-order chi connectivity index (χ0) is 14.2. The Labute approximate surface area is 112 Å². The van der Waals surface area contributed by atoms with E-state index in [0.717, 1.165) is 26.1 Å². The van der Waals surface area contributed by atoms with Crippen LogP contribution in [-0.2, 0) is 4.74 Å². The average molecular weight is 258 g/mol. The van der Waals surface area contributed by atoms with E-state index < -0.39 is 5.60 Å². The first-order chi connectivity index (χ1) is 8.26. The number of hydrogen-bond acceptors (Lipinski definition) is 3. The summed E-state index contributed by atoms with van der Waals surface area (Å²) in [6, 6.07) is 0. The molecule has 0 rings (SSSR count). The summed E-state index contributed by atoms with van der Waals surface area (Å²) in [4.78, 5) is 13.6. The second-order valence-corrected chi connectivity index (χ2v) is 6.01. The third kappa shape index (κ3) is 9.28. The molecule has 1 amide bonds. The minimum Gasteiger partial charge on any atom is -0.444 e. The molecule has 0 unspecified atom stereocenters. The van der Waals surface area contributed by atoms with Gasteiger partial charge in [0.1, 0.15) is 5.60 Å². The average Bonchev–Trinajstić information content (AvgIpc) is 2.20. The summed E-state index contributed by atoms with van der Waals surface area (Å²) in [5.74, 6) is 0.665. The Morgan fingerprint density at radius 2 is 1.94 bits per heavy atom. The van der Waals surface area contributed by atoms with Crippen molar-refractivity contribution in [3.8, 4) is 0 Å². The van der Waals surface area contributed by atoms with Gasteiger partial charge in [0.05, 0.1) is 0 Å². The minimum absolute atomic E-state index is 0.214. The maximum Gasteiger partial charge on any atom is 0.410 e. The van der Waals surface area contributed by atoms with Crippen molar-refractivity contribution in [2.24, 2.45) is 5.92 Å². The molecule has 0 atom stereocenters. The lowest BCUT2D eigenvalue weighted by Gasteiger charge is -2.26. The van der Waals surface area contributed by atoms with E-state index in [9.17, 15) is 4.79 Å². The largest absolute Gasteiger partial charge is 0.444 e. The van der Waals surface area contributed by atoms with E-state index in [1.807, 2.05) is 27.7 Å². The van der Waals surface area contributed by atoms with Gasteiger partial charge in [0, 0.05) is 13.1 Å². The van der Waals surface area contributed by atoms with Gasteiger partial charge in [-0.2, -0.15) is 0 Å². The lowest BCUT2D eigenvalue weighted by molar-refractivity contribution is 0.0258. The highest BCUT2D eigenvalue weighted by Crippen LogP contribution is 2.09. The van der Waals surface area contributed by atoms with Gasteiger partial charge in [-0.05, 0) is 53.1 Å². The topological polar surface area (TPSA) is 41.6 Å². The number of carbonyl (C=O) groups is 1. The van der Waals surface area contributed by atoms with Crippen molar-refractivity contribution in [1.82, 2.24) is 10.2 Å². The maximum atomic E-state index is 11.8. The molecule has 1 N–H and O–H groups in total. The summed E-state index contributed by atoms with van der Waals surface area (Å²) >= 11 is 0. The molecule has 18 heavy (non-hydrogen) atoms. The van der Waals surface area contributed by atoms with Crippen molar-refractivity contribution < 1.29 is 9.53 Å². The molecule has 0 spiro atoms. The number of hydrogen-bond donors (Lipinski definition) is 1. The fourth-order valence-electron chi connectivity index (χ4n) is 1.49. The normalized spacial score (nSPS) is 11.7. The molecule has 0 aromatic heterocycles. The Kier molecular flexibility index (Phi) is 8.00. The van der Waals surface area contributed by atoms with Crippen LogP contribution in [0.15, 0.2) is 0 Å². The Morgan fingerprint density at radius 3 is 2.39 bits per heavy atom. The number of carbonyl (C=O) groups excluding carboxylic acids is 1. The van der Waals surface area contributed by atoms with Crippen LogP contribution in [0.3, 0.4) is 0 Å². The molecular weight excluding hydrogens is 228 g/mol. The van der Waals surface area contributed by atoms with E-state index in [-0.39, 0.29) is 6.09 Å². The van der Waals surface area contributed by atoms with E-state index in [1.54, 1.807) is 4.90 Å². The van der Waals surface area contributed by atoms with Crippen LogP contribution in [0.1, 0.15) is 48.0 Å². The van der Waals surface area contributed by atoms with Crippen molar-refractivity contribution in [2.45, 2.75) is 53.6 Å². The Balaban J connectivity index is 3.86. The lowest BCUT2D eigenvalue weighted by atomic mass is 10.2. The molecule has 0 aliphatic carbocycles. The Hall–Kier alpha value is -0.770. The number of ether oxygens (including phenoxy) is 1. The predicted molar refractivity (Wildman–Crippen MR) is 75.8 cm³/mol. The molecule has 0 fully saturated rings. The summed E-state index contributed by atoms with van der Waals surface area (Å²) in [5.41, 5.74) is -0.416. The van der Waals surface area contributed by atoms with Crippen LogP contribution in [0, 0.1) is 5.92 Å². The quantitative estimate of drug-likeness (QED) is 0.714. The van der Waals surface area contributed by atoms with Crippen LogP contribution in [0.2, 0.25) is 0 Å². The Bertz CT molecular complexity index is 234. The first-order valence-electron chi connectivity index (χ1n) is 6.95. The molecule has 0 aromatic rings. The fourth-order valence-corrected chi connectivity index (χ4v) is 1.49. The number of rotatable bonds is 7. The zero-order valence-corrected chi connectivity index (χ0v) is 12.9. The van der Waals surface area contributed by atoms with Crippen molar-refractivity contribution in [1.29, 1.82) is 0 Å². The highest BCUT2D eigenvalue weighted by molar-refractivity contribution is 5.68. The molecule has 0 aliphatic rings. The van der Waals surface area contributed by atoms with E-state index in [0.29, 0.717) is 12.5 Å². The summed E-state index contributed by atoms with van der Waals surface area (Å²) in [7, 11) is 0. The molecular formula is C14H30N2O2. The molecule has 108 valence electrons. The Morgan fingerprint density at radius 1 is 1.33 bits per heavy atom. The summed E-state index contributed by atoms with van der Waals surface area (Å²) < 4.78 is 5.35.